The number of rotatable bonds is 7. The van der Waals surface area contributed by atoms with E-state index in [4.69, 9.17) is 0 Å². The zero-order valence-electron chi connectivity index (χ0n) is 16.0. The topological polar surface area (TPSA) is 46.9 Å². The zero-order valence-corrected chi connectivity index (χ0v) is 16.8. The number of aromatic nitrogens is 2. The Balaban J connectivity index is 1.70. The van der Waals surface area contributed by atoms with Crippen LogP contribution in [0.2, 0.25) is 0 Å². The standard InChI is InChI=1S/C21H19F4N3OS/c1-14(15-7-9-17(22)10-8-15)27-19(29)12-30-20-26-11-18(16-5-3-2-4-6-16)28(20)13-21(23,24)25/h2-11,14H,12-13H2,1H3,(H,27,29). The average molecular weight is 437 g/mol. The Morgan fingerprint density at radius 3 is 2.43 bits per heavy atom. The number of nitrogens with one attached hydrogen (secondary N) is 1. The molecule has 2 aromatic carbocycles. The van der Waals surface area contributed by atoms with Crippen molar-refractivity contribution in [3.05, 3.63) is 72.2 Å². The van der Waals surface area contributed by atoms with Crippen LogP contribution in [0.3, 0.4) is 0 Å². The maximum Gasteiger partial charge on any atom is 0.406 e. The van der Waals surface area contributed by atoms with E-state index >= 15 is 0 Å². The van der Waals surface area contributed by atoms with Gasteiger partial charge in [-0.2, -0.15) is 13.2 Å². The molecule has 0 bridgehead atoms. The van der Waals surface area contributed by atoms with E-state index in [0.29, 0.717) is 11.3 Å². The largest absolute Gasteiger partial charge is 0.406 e. The quantitative estimate of drug-likeness (QED) is 0.407. The van der Waals surface area contributed by atoms with Gasteiger partial charge >= 0.3 is 6.18 Å². The molecule has 4 nitrogen and oxygen atoms in total. The van der Waals surface area contributed by atoms with Crippen LogP contribution in [0.5, 0.6) is 0 Å². The molecular weight excluding hydrogens is 418 g/mol. The van der Waals surface area contributed by atoms with Crippen LogP contribution in [-0.4, -0.2) is 27.4 Å². The first-order valence-corrected chi connectivity index (χ1v) is 10.1. The Hall–Kier alpha value is -2.81. The second kappa shape index (κ2) is 9.34. The van der Waals surface area contributed by atoms with Gasteiger partial charge in [-0.15, -0.1) is 0 Å². The van der Waals surface area contributed by atoms with Gasteiger partial charge in [-0.3, -0.25) is 4.79 Å². The summed E-state index contributed by atoms with van der Waals surface area (Å²) >= 11 is 0.931. The van der Waals surface area contributed by atoms with E-state index in [2.05, 4.69) is 10.3 Å². The maximum atomic E-state index is 13.1. The minimum Gasteiger partial charge on any atom is -0.349 e. The van der Waals surface area contributed by atoms with Crippen molar-refractivity contribution in [1.82, 2.24) is 14.9 Å². The molecule has 0 aliphatic carbocycles. The number of benzene rings is 2. The van der Waals surface area contributed by atoms with Crippen LogP contribution >= 0.6 is 11.8 Å². The van der Waals surface area contributed by atoms with Crippen LogP contribution in [0.25, 0.3) is 11.3 Å². The van der Waals surface area contributed by atoms with Gasteiger partial charge in [0.1, 0.15) is 12.4 Å². The summed E-state index contributed by atoms with van der Waals surface area (Å²) in [5.74, 6) is -0.840. The SMILES string of the molecule is CC(NC(=O)CSc1ncc(-c2ccccc2)n1CC(F)(F)F)c1ccc(F)cc1. The highest BCUT2D eigenvalue weighted by Crippen LogP contribution is 2.30. The molecule has 1 amide bonds. The summed E-state index contributed by atoms with van der Waals surface area (Å²) in [6.07, 6.45) is -3.05. The van der Waals surface area contributed by atoms with E-state index in [-0.39, 0.29) is 28.7 Å². The number of hydrogen-bond donors (Lipinski definition) is 1. The summed E-state index contributed by atoms with van der Waals surface area (Å²) in [5.41, 5.74) is 1.66. The van der Waals surface area contributed by atoms with Gasteiger partial charge < -0.3 is 9.88 Å². The van der Waals surface area contributed by atoms with Gasteiger partial charge in [0, 0.05) is 0 Å². The molecule has 1 atom stereocenters. The Bertz CT molecular complexity index is 988. The van der Waals surface area contributed by atoms with Gasteiger partial charge in [0.15, 0.2) is 5.16 Å². The van der Waals surface area contributed by atoms with Crippen LogP contribution in [0.1, 0.15) is 18.5 Å². The van der Waals surface area contributed by atoms with Gasteiger partial charge in [-0.1, -0.05) is 54.2 Å². The minimum atomic E-state index is -4.43. The molecule has 0 fully saturated rings. The third-order valence-corrected chi connectivity index (χ3v) is 5.30. The number of imidazole rings is 1. The van der Waals surface area contributed by atoms with Crippen molar-refractivity contribution in [3.8, 4) is 11.3 Å². The van der Waals surface area contributed by atoms with Crippen LogP contribution in [0.15, 0.2) is 66.0 Å². The van der Waals surface area contributed by atoms with E-state index < -0.39 is 12.7 Å². The molecule has 1 N–H and O–H groups in total. The fourth-order valence-corrected chi connectivity index (χ4v) is 3.68. The van der Waals surface area contributed by atoms with Gasteiger partial charge in [0.2, 0.25) is 5.91 Å². The predicted octanol–water partition coefficient (Wildman–Crippen LogP) is 5.22. The Morgan fingerprint density at radius 1 is 1.13 bits per heavy atom. The maximum absolute atomic E-state index is 13.1. The molecule has 0 spiro atoms. The fourth-order valence-electron chi connectivity index (χ4n) is 2.89. The average Bonchev–Trinajstić information content (AvgIpc) is 3.08. The molecule has 1 heterocycles. The number of thioether (sulfide) groups is 1. The lowest BCUT2D eigenvalue weighted by atomic mass is 10.1. The van der Waals surface area contributed by atoms with Crippen molar-refractivity contribution in [3.63, 3.8) is 0 Å². The van der Waals surface area contributed by atoms with Crippen LogP contribution in [-0.2, 0) is 11.3 Å². The van der Waals surface area contributed by atoms with Gasteiger partial charge in [0.25, 0.3) is 0 Å². The van der Waals surface area contributed by atoms with E-state index in [1.54, 1.807) is 49.4 Å². The lowest BCUT2D eigenvalue weighted by Gasteiger charge is -2.16. The predicted molar refractivity (Wildman–Crippen MR) is 107 cm³/mol. The third-order valence-electron chi connectivity index (χ3n) is 4.31. The lowest BCUT2D eigenvalue weighted by molar-refractivity contribution is -0.141. The van der Waals surface area contributed by atoms with E-state index in [1.165, 1.54) is 18.3 Å². The van der Waals surface area contributed by atoms with Crippen molar-refractivity contribution in [2.24, 2.45) is 0 Å². The van der Waals surface area contributed by atoms with Crippen molar-refractivity contribution < 1.29 is 22.4 Å². The number of carbonyl (C=O) groups excluding carboxylic acids is 1. The highest BCUT2D eigenvalue weighted by molar-refractivity contribution is 7.99. The molecule has 158 valence electrons. The molecular formula is C21H19F4N3OS. The van der Waals surface area contributed by atoms with Crippen molar-refractivity contribution in [2.45, 2.75) is 30.8 Å². The molecule has 1 aromatic heterocycles. The van der Waals surface area contributed by atoms with E-state index in [1.807, 2.05) is 0 Å². The summed E-state index contributed by atoms with van der Waals surface area (Å²) in [6.45, 7) is 0.543. The number of nitrogens with zero attached hydrogens (tertiary/aromatic N) is 2. The molecule has 9 heteroatoms. The number of hydrogen-bond acceptors (Lipinski definition) is 3. The van der Waals surface area contributed by atoms with Crippen LogP contribution in [0.4, 0.5) is 17.6 Å². The second-order valence-electron chi connectivity index (χ2n) is 6.62. The first-order valence-electron chi connectivity index (χ1n) is 9.08. The monoisotopic (exact) mass is 437 g/mol. The first kappa shape index (κ1) is 21.9. The van der Waals surface area contributed by atoms with Crippen LogP contribution in [0, 0.1) is 5.82 Å². The molecule has 0 radical (unpaired) electrons. The molecule has 0 saturated carbocycles. The Morgan fingerprint density at radius 2 is 1.80 bits per heavy atom. The molecule has 0 aliphatic heterocycles. The van der Waals surface area contributed by atoms with Crippen molar-refractivity contribution >= 4 is 17.7 Å². The van der Waals surface area contributed by atoms with E-state index in [0.717, 1.165) is 21.9 Å². The van der Waals surface area contributed by atoms with Crippen LogP contribution < -0.4 is 5.32 Å². The number of carbonyl (C=O) groups is 1. The molecule has 30 heavy (non-hydrogen) atoms. The van der Waals surface area contributed by atoms with Gasteiger partial charge in [-0.05, 0) is 30.2 Å². The number of halogens is 4. The van der Waals surface area contributed by atoms with Gasteiger partial charge in [0.05, 0.1) is 23.7 Å². The molecule has 3 aromatic rings. The smallest absolute Gasteiger partial charge is 0.349 e. The minimum absolute atomic E-state index is 0.103. The van der Waals surface area contributed by atoms with E-state index in [9.17, 15) is 22.4 Å². The summed E-state index contributed by atoms with van der Waals surface area (Å²) in [4.78, 5) is 16.4. The first-order chi connectivity index (χ1) is 14.2. The number of amides is 1. The molecule has 0 aliphatic rings. The fraction of sp³-hybridized carbons (Fsp3) is 0.238. The number of alkyl halides is 3. The highest BCUT2D eigenvalue weighted by atomic mass is 32.2. The normalized spacial score (nSPS) is 12.6. The highest BCUT2D eigenvalue weighted by Gasteiger charge is 2.31. The van der Waals surface area contributed by atoms with Crippen molar-refractivity contribution in [1.29, 1.82) is 0 Å². The summed E-state index contributed by atoms with van der Waals surface area (Å²) in [6, 6.07) is 14.0. The summed E-state index contributed by atoms with van der Waals surface area (Å²) in [5, 5.41) is 2.86. The molecule has 1 unspecified atom stereocenters. The molecule has 3 rings (SSSR count). The summed E-state index contributed by atoms with van der Waals surface area (Å²) < 4.78 is 53.4. The Labute approximate surface area is 175 Å². The summed E-state index contributed by atoms with van der Waals surface area (Å²) in [7, 11) is 0. The molecule has 0 saturated heterocycles. The third kappa shape index (κ3) is 5.85. The van der Waals surface area contributed by atoms with Crippen molar-refractivity contribution in [2.75, 3.05) is 5.75 Å². The Kier molecular flexibility index (Phi) is 6.81. The van der Waals surface area contributed by atoms with Gasteiger partial charge in [-0.25, -0.2) is 9.37 Å². The zero-order chi connectivity index (χ0) is 21.7. The second-order valence-corrected chi connectivity index (χ2v) is 7.57. The lowest BCUT2D eigenvalue weighted by Crippen LogP contribution is -2.28.